The molecule has 0 aliphatic heterocycles. The van der Waals surface area contributed by atoms with E-state index in [9.17, 15) is 19.2 Å². The fraction of sp³-hybridized carbons (Fsp3) is 0.733. The van der Waals surface area contributed by atoms with Gasteiger partial charge in [0.25, 0.3) is 0 Å². The van der Waals surface area contributed by atoms with Crippen molar-refractivity contribution >= 4 is 23.9 Å². The lowest BCUT2D eigenvalue weighted by atomic mass is 10.4. The minimum absolute atomic E-state index is 0.116. The molecule has 0 rings (SSSR count). The predicted molar refractivity (Wildman–Crippen MR) is 81.2 cm³/mol. The molecule has 10 nitrogen and oxygen atoms in total. The highest BCUT2D eigenvalue weighted by Crippen LogP contribution is 2.00. The van der Waals surface area contributed by atoms with Crippen LogP contribution in [0.3, 0.4) is 0 Å². The number of hydrogen-bond donors (Lipinski definition) is 1. The molecular weight excluding hydrogens is 340 g/mol. The molecule has 0 fully saturated rings. The first-order valence-corrected chi connectivity index (χ1v) is 7.77. The fourth-order valence-electron chi connectivity index (χ4n) is 1.32. The van der Waals surface area contributed by atoms with Crippen LogP contribution in [0, 0.1) is 0 Å². The lowest BCUT2D eigenvalue weighted by Gasteiger charge is -2.17. The van der Waals surface area contributed by atoms with Gasteiger partial charge >= 0.3 is 23.9 Å². The molecule has 0 aliphatic carbocycles. The van der Waals surface area contributed by atoms with Gasteiger partial charge in [-0.05, 0) is 0 Å². The van der Waals surface area contributed by atoms with Crippen LogP contribution >= 0.6 is 0 Å². The molecule has 1 unspecified atom stereocenters. The minimum Gasteiger partial charge on any atom is -0.462 e. The van der Waals surface area contributed by atoms with E-state index in [1.165, 1.54) is 0 Å². The van der Waals surface area contributed by atoms with Gasteiger partial charge in [-0.15, -0.1) is 0 Å². The van der Waals surface area contributed by atoms with Gasteiger partial charge in [0, 0.05) is 12.8 Å². The van der Waals surface area contributed by atoms with Gasteiger partial charge < -0.3 is 28.8 Å². The first kappa shape index (κ1) is 22.8. The summed E-state index contributed by atoms with van der Waals surface area (Å²) in [6.07, 6.45) is -0.652. The first-order chi connectivity index (χ1) is 11.9. The molecule has 0 amide bonds. The van der Waals surface area contributed by atoms with Gasteiger partial charge in [0.05, 0.1) is 6.61 Å². The molecule has 0 aromatic heterocycles. The number of carbonyl (C=O) groups is 4. The largest absolute Gasteiger partial charge is 0.462 e. The number of aliphatic hydroxyl groups is 1. The maximum absolute atomic E-state index is 11.5. The highest BCUT2D eigenvalue weighted by molar-refractivity contribution is 5.73. The summed E-state index contributed by atoms with van der Waals surface area (Å²) >= 11 is 0. The Morgan fingerprint density at radius 3 is 1.84 bits per heavy atom. The topological polar surface area (TPSA) is 135 Å². The maximum Gasteiger partial charge on any atom is 0.332 e. The second-order valence-corrected chi connectivity index (χ2v) is 4.62. The van der Waals surface area contributed by atoms with Crippen molar-refractivity contribution in [1.29, 1.82) is 0 Å². The molecule has 0 radical (unpaired) electrons. The van der Waals surface area contributed by atoms with Gasteiger partial charge in [-0.1, -0.05) is 13.8 Å². The average Bonchev–Trinajstić information content (AvgIpc) is 2.61. The van der Waals surface area contributed by atoms with Crippen LogP contribution in [0.15, 0.2) is 0 Å². The number of aliphatic hydroxyl groups excluding tert-OH is 1. The van der Waals surface area contributed by atoms with E-state index < -0.39 is 43.2 Å². The van der Waals surface area contributed by atoms with Crippen LogP contribution in [0.1, 0.15) is 26.7 Å². The Hall–Kier alpha value is -2.20. The molecule has 25 heavy (non-hydrogen) atoms. The summed E-state index contributed by atoms with van der Waals surface area (Å²) in [6, 6.07) is 0. The highest BCUT2D eigenvalue weighted by Gasteiger charge is 2.18. The van der Waals surface area contributed by atoms with Crippen molar-refractivity contribution < 1.29 is 48.0 Å². The standard InChI is InChI=1S/C15H24O10/c1-3-12(17)23-7-11(25-13(18)4-2)8-24-15(20)10-21-9-14(19)22-6-5-16/h11,16H,3-10H2,1-2H3. The molecule has 10 heteroatoms. The van der Waals surface area contributed by atoms with Crippen LogP contribution in [0.4, 0.5) is 0 Å². The second-order valence-electron chi connectivity index (χ2n) is 4.62. The SMILES string of the molecule is CCC(=O)OCC(COC(=O)COCC(=O)OCCO)OC(=O)CC. The molecule has 0 aromatic rings. The fourth-order valence-corrected chi connectivity index (χ4v) is 1.32. The van der Waals surface area contributed by atoms with Gasteiger partial charge in [0.15, 0.2) is 6.10 Å². The lowest BCUT2D eigenvalue weighted by molar-refractivity contribution is -0.168. The van der Waals surface area contributed by atoms with Crippen LogP contribution in [0.25, 0.3) is 0 Å². The number of rotatable bonds is 13. The quantitative estimate of drug-likeness (QED) is 0.332. The van der Waals surface area contributed by atoms with Gasteiger partial charge in [-0.2, -0.15) is 0 Å². The van der Waals surface area contributed by atoms with E-state index in [1.54, 1.807) is 13.8 Å². The first-order valence-electron chi connectivity index (χ1n) is 7.77. The van der Waals surface area contributed by atoms with E-state index in [0.29, 0.717) is 0 Å². The van der Waals surface area contributed by atoms with Crippen molar-refractivity contribution in [2.75, 3.05) is 39.6 Å². The molecule has 0 heterocycles. The van der Waals surface area contributed by atoms with E-state index in [1.807, 2.05) is 0 Å². The van der Waals surface area contributed by atoms with Gasteiger partial charge in [0.2, 0.25) is 0 Å². The minimum atomic E-state index is -0.929. The van der Waals surface area contributed by atoms with E-state index >= 15 is 0 Å². The van der Waals surface area contributed by atoms with Crippen molar-refractivity contribution in [2.45, 2.75) is 32.8 Å². The lowest BCUT2D eigenvalue weighted by Crippen LogP contribution is -2.31. The van der Waals surface area contributed by atoms with Crippen LogP contribution in [0.5, 0.6) is 0 Å². The van der Waals surface area contributed by atoms with Crippen molar-refractivity contribution in [3.8, 4) is 0 Å². The van der Waals surface area contributed by atoms with Gasteiger partial charge in [0.1, 0.15) is 33.0 Å². The number of ether oxygens (including phenoxy) is 5. The number of esters is 4. The summed E-state index contributed by atoms with van der Waals surface area (Å²) in [6.45, 7) is 1.18. The zero-order chi connectivity index (χ0) is 19.1. The van der Waals surface area contributed by atoms with E-state index in [0.717, 1.165) is 0 Å². The molecule has 1 atom stereocenters. The second kappa shape index (κ2) is 14.2. The average molecular weight is 364 g/mol. The molecule has 0 spiro atoms. The molecule has 0 aromatic carbocycles. The number of hydrogen-bond acceptors (Lipinski definition) is 10. The zero-order valence-corrected chi connectivity index (χ0v) is 14.4. The Kier molecular flexibility index (Phi) is 12.9. The Bertz CT molecular complexity index is 434. The van der Waals surface area contributed by atoms with Crippen LogP contribution < -0.4 is 0 Å². The van der Waals surface area contributed by atoms with Gasteiger partial charge in [-0.25, -0.2) is 9.59 Å². The summed E-state index contributed by atoms with van der Waals surface area (Å²) in [5.41, 5.74) is 0. The van der Waals surface area contributed by atoms with Crippen molar-refractivity contribution in [1.82, 2.24) is 0 Å². The molecule has 144 valence electrons. The van der Waals surface area contributed by atoms with E-state index in [4.69, 9.17) is 24.1 Å². The number of carbonyl (C=O) groups excluding carboxylic acids is 4. The van der Waals surface area contributed by atoms with Crippen molar-refractivity contribution in [2.24, 2.45) is 0 Å². The molecular formula is C15H24O10. The third kappa shape index (κ3) is 12.8. The zero-order valence-electron chi connectivity index (χ0n) is 14.4. The summed E-state index contributed by atoms with van der Waals surface area (Å²) in [5.74, 6) is -2.54. The highest BCUT2D eigenvalue weighted by atomic mass is 16.6. The molecule has 0 bridgehead atoms. The van der Waals surface area contributed by atoms with Crippen LogP contribution in [0.2, 0.25) is 0 Å². The third-order valence-electron chi connectivity index (χ3n) is 2.53. The van der Waals surface area contributed by atoms with Crippen molar-refractivity contribution in [3.05, 3.63) is 0 Å². The molecule has 0 saturated carbocycles. The third-order valence-corrected chi connectivity index (χ3v) is 2.53. The van der Waals surface area contributed by atoms with Gasteiger partial charge in [-0.3, -0.25) is 9.59 Å². The summed E-state index contributed by atoms with van der Waals surface area (Å²) in [7, 11) is 0. The summed E-state index contributed by atoms with van der Waals surface area (Å²) in [5, 5.41) is 8.47. The predicted octanol–water partition coefficient (Wildman–Crippen LogP) is -0.643. The molecule has 0 saturated heterocycles. The van der Waals surface area contributed by atoms with E-state index in [-0.39, 0.29) is 39.3 Å². The molecule has 0 aliphatic rings. The Morgan fingerprint density at radius 2 is 1.32 bits per heavy atom. The Labute approximate surface area is 145 Å². The Morgan fingerprint density at radius 1 is 0.800 bits per heavy atom. The monoisotopic (exact) mass is 364 g/mol. The van der Waals surface area contributed by atoms with Crippen LogP contribution in [-0.2, 0) is 42.9 Å². The normalized spacial score (nSPS) is 11.3. The summed E-state index contributed by atoms with van der Waals surface area (Å²) < 4.78 is 24.0. The van der Waals surface area contributed by atoms with E-state index in [2.05, 4.69) is 4.74 Å². The smallest absolute Gasteiger partial charge is 0.332 e. The Balaban J connectivity index is 4.14. The maximum atomic E-state index is 11.5. The summed E-state index contributed by atoms with van der Waals surface area (Å²) in [4.78, 5) is 45.0. The van der Waals surface area contributed by atoms with Crippen molar-refractivity contribution in [3.63, 3.8) is 0 Å². The van der Waals surface area contributed by atoms with Crippen LogP contribution in [-0.4, -0.2) is 74.7 Å². The molecule has 1 N–H and O–H groups in total.